The Kier molecular flexibility index (Phi) is 7.08. The lowest BCUT2D eigenvalue weighted by molar-refractivity contribution is 0.0601. The molecule has 4 rings (SSSR count). The highest BCUT2D eigenvalue weighted by atomic mass is 35.5. The fourth-order valence-electron chi connectivity index (χ4n) is 4.71. The summed E-state index contributed by atoms with van der Waals surface area (Å²) in [5, 5.41) is 0.146. The van der Waals surface area contributed by atoms with E-state index in [-0.39, 0.29) is 27.3 Å². The number of benzene rings is 2. The molecule has 0 spiro atoms. The summed E-state index contributed by atoms with van der Waals surface area (Å²) in [5.41, 5.74) is 1.85. The van der Waals surface area contributed by atoms with E-state index in [4.69, 9.17) is 16.3 Å². The van der Waals surface area contributed by atoms with Crippen LogP contribution in [-0.4, -0.2) is 58.3 Å². The van der Waals surface area contributed by atoms with Crippen molar-refractivity contribution in [1.82, 2.24) is 4.90 Å². The van der Waals surface area contributed by atoms with Gasteiger partial charge in [0.2, 0.25) is 0 Å². The molecule has 2 aromatic rings. The molecule has 2 saturated heterocycles. The quantitative estimate of drug-likeness (QED) is 0.554. The van der Waals surface area contributed by atoms with Gasteiger partial charge in [-0.05, 0) is 56.5 Å². The predicted octanol–water partition coefficient (Wildman–Crippen LogP) is 4.34. The van der Waals surface area contributed by atoms with Crippen LogP contribution in [0.2, 0.25) is 5.02 Å². The van der Waals surface area contributed by atoms with Crippen LogP contribution < -0.4 is 4.90 Å². The van der Waals surface area contributed by atoms with Crippen LogP contribution in [0.3, 0.4) is 0 Å². The Morgan fingerprint density at radius 3 is 2.28 bits per heavy atom. The second-order valence-electron chi connectivity index (χ2n) is 8.44. The molecule has 2 aliphatic rings. The Morgan fingerprint density at radius 1 is 1.03 bits per heavy atom. The van der Waals surface area contributed by atoms with Gasteiger partial charge in [0, 0.05) is 19.1 Å². The van der Waals surface area contributed by atoms with E-state index in [0.29, 0.717) is 5.69 Å². The molecule has 0 radical (unpaired) electrons. The number of hydrogen-bond donors (Lipinski definition) is 0. The van der Waals surface area contributed by atoms with E-state index in [1.54, 1.807) is 6.07 Å². The molecule has 32 heavy (non-hydrogen) atoms. The van der Waals surface area contributed by atoms with Gasteiger partial charge in [0.15, 0.2) is 9.84 Å². The number of rotatable bonds is 7. The zero-order chi connectivity index (χ0) is 22.7. The SMILES string of the molecule is COC(=O)c1cc(S(=O)(=O)C[C@H](c2ccccc2)N2CCCC2)c(Cl)cc1N1CCCC1. The fourth-order valence-corrected chi connectivity index (χ4v) is 6.88. The molecule has 2 aromatic carbocycles. The van der Waals surface area contributed by atoms with Crippen molar-refractivity contribution in [2.45, 2.75) is 36.6 Å². The van der Waals surface area contributed by atoms with E-state index in [2.05, 4.69) is 9.80 Å². The summed E-state index contributed by atoms with van der Waals surface area (Å²) in [6, 6.07) is 12.5. The average molecular weight is 477 g/mol. The number of sulfone groups is 1. The summed E-state index contributed by atoms with van der Waals surface area (Å²) < 4.78 is 32.2. The smallest absolute Gasteiger partial charge is 0.340 e. The Labute approximate surface area is 195 Å². The minimum atomic E-state index is -3.78. The fraction of sp³-hybridized carbons (Fsp3) is 0.458. The first-order chi connectivity index (χ1) is 15.4. The number of methoxy groups -OCH3 is 1. The summed E-state index contributed by atoms with van der Waals surface area (Å²) >= 11 is 6.53. The maximum absolute atomic E-state index is 13.6. The number of ether oxygens (including phenoxy) is 1. The number of esters is 1. The lowest BCUT2D eigenvalue weighted by Crippen LogP contribution is -2.31. The Morgan fingerprint density at radius 2 is 1.66 bits per heavy atom. The third-order valence-corrected chi connectivity index (χ3v) is 8.57. The molecule has 1 atom stereocenters. The summed E-state index contributed by atoms with van der Waals surface area (Å²) in [5.74, 6) is -0.653. The molecule has 0 N–H and O–H groups in total. The summed E-state index contributed by atoms with van der Waals surface area (Å²) in [7, 11) is -2.48. The third kappa shape index (κ3) is 4.80. The van der Waals surface area contributed by atoms with Crippen LogP contribution in [0.15, 0.2) is 47.4 Å². The van der Waals surface area contributed by atoms with Gasteiger partial charge >= 0.3 is 5.97 Å². The first-order valence-electron chi connectivity index (χ1n) is 11.1. The highest BCUT2D eigenvalue weighted by Gasteiger charge is 2.32. The van der Waals surface area contributed by atoms with Crippen molar-refractivity contribution >= 4 is 33.1 Å². The van der Waals surface area contributed by atoms with E-state index >= 15 is 0 Å². The predicted molar refractivity (Wildman–Crippen MR) is 126 cm³/mol. The molecule has 6 nitrogen and oxygen atoms in total. The van der Waals surface area contributed by atoms with Crippen LogP contribution >= 0.6 is 11.6 Å². The van der Waals surface area contributed by atoms with Crippen molar-refractivity contribution in [3.63, 3.8) is 0 Å². The van der Waals surface area contributed by atoms with Crippen LogP contribution in [-0.2, 0) is 14.6 Å². The maximum Gasteiger partial charge on any atom is 0.340 e. The van der Waals surface area contributed by atoms with Crippen LogP contribution in [0.25, 0.3) is 0 Å². The number of carbonyl (C=O) groups excluding carboxylic acids is 1. The number of hydrogen-bond acceptors (Lipinski definition) is 6. The third-order valence-electron chi connectivity index (χ3n) is 6.38. The molecule has 0 amide bonds. The van der Waals surface area contributed by atoms with Gasteiger partial charge in [-0.1, -0.05) is 41.9 Å². The van der Waals surface area contributed by atoms with Crippen LogP contribution in [0.1, 0.15) is 47.6 Å². The van der Waals surface area contributed by atoms with Crippen molar-refractivity contribution in [2.24, 2.45) is 0 Å². The van der Waals surface area contributed by atoms with Crippen molar-refractivity contribution in [2.75, 3.05) is 43.9 Å². The molecule has 0 unspecified atom stereocenters. The molecule has 172 valence electrons. The van der Waals surface area contributed by atoms with Gasteiger partial charge < -0.3 is 9.64 Å². The molecule has 2 heterocycles. The standard InChI is InChI=1S/C24H29ClN2O4S/c1-31-24(28)19-15-23(20(25)16-21(19)26-11-5-6-12-26)32(29,30)17-22(27-13-7-8-14-27)18-9-3-2-4-10-18/h2-4,9-10,15-16,22H,5-8,11-14,17H2,1H3/t22-/m1/s1. The topological polar surface area (TPSA) is 66.9 Å². The average Bonchev–Trinajstić information content (AvgIpc) is 3.52. The van der Waals surface area contributed by atoms with Gasteiger partial charge in [-0.15, -0.1) is 0 Å². The normalized spacial score (nSPS) is 18.1. The molecular weight excluding hydrogens is 448 g/mol. The van der Waals surface area contributed by atoms with Gasteiger partial charge in [-0.25, -0.2) is 13.2 Å². The largest absolute Gasteiger partial charge is 0.465 e. The van der Waals surface area contributed by atoms with Crippen molar-refractivity contribution in [1.29, 1.82) is 0 Å². The highest BCUT2D eigenvalue weighted by Crippen LogP contribution is 2.36. The molecule has 0 saturated carbocycles. The molecule has 8 heteroatoms. The van der Waals surface area contributed by atoms with Gasteiger partial charge in [-0.2, -0.15) is 0 Å². The summed E-state index contributed by atoms with van der Waals surface area (Å²) in [4.78, 5) is 16.8. The molecular formula is C24H29ClN2O4S. The summed E-state index contributed by atoms with van der Waals surface area (Å²) in [6.07, 6.45) is 4.15. The van der Waals surface area contributed by atoms with Crippen molar-refractivity contribution in [3.8, 4) is 0 Å². The molecule has 0 aromatic heterocycles. The highest BCUT2D eigenvalue weighted by molar-refractivity contribution is 7.91. The van der Waals surface area contributed by atoms with E-state index < -0.39 is 15.8 Å². The minimum Gasteiger partial charge on any atom is -0.465 e. The number of anilines is 1. The van der Waals surface area contributed by atoms with E-state index in [9.17, 15) is 13.2 Å². The molecule has 2 fully saturated rings. The lowest BCUT2D eigenvalue weighted by atomic mass is 10.1. The van der Waals surface area contributed by atoms with Crippen LogP contribution in [0.5, 0.6) is 0 Å². The van der Waals surface area contributed by atoms with E-state index in [1.165, 1.54) is 13.2 Å². The first kappa shape index (κ1) is 23.1. The second-order valence-corrected chi connectivity index (χ2v) is 10.8. The van der Waals surface area contributed by atoms with Crippen LogP contribution in [0.4, 0.5) is 5.69 Å². The summed E-state index contributed by atoms with van der Waals surface area (Å²) in [6.45, 7) is 3.34. The van der Waals surface area contributed by atoms with Crippen LogP contribution in [0, 0.1) is 0 Å². The number of likely N-dealkylation sites (tertiary alicyclic amines) is 1. The molecule has 2 aliphatic heterocycles. The number of nitrogens with zero attached hydrogens (tertiary/aromatic N) is 2. The molecule has 0 bridgehead atoms. The van der Waals surface area contributed by atoms with Gasteiger partial charge in [0.25, 0.3) is 0 Å². The van der Waals surface area contributed by atoms with E-state index in [1.807, 2.05) is 30.3 Å². The van der Waals surface area contributed by atoms with E-state index in [0.717, 1.165) is 57.4 Å². The monoisotopic (exact) mass is 476 g/mol. The Balaban J connectivity index is 1.72. The number of halogens is 1. The first-order valence-corrected chi connectivity index (χ1v) is 13.1. The second kappa shape index (κ2) is 9.81. The van der Waals surface area contributed by atoms with Crippen molar-refractivity contribution in [3.05, 3.63) is 58.6 Å². The Hall–Kier alpha value is -2.09. The Bertz CT molecular complexity index is 1060. The van der Waals surface area contributed by atoms with Gasteiger partial charge in [-0.3, -0.25) is 4.90 Å². The van der Waals surface area contributed by atoms with Crippen molar-refractivity contribution < 1.29 is 17.9 Å². The van der Waals surface area contributed by atoms with Gasteiger partial charge in [0.05, 0.1) is 34.0 Å². The zero-order valence-electron chi connectivity index (χ0n) is 18.3. The van der Waals surface area contributed by atoms with Gasteiger partial charge in [0.1, 0.15) is 0 Å². The lowest BCUT2D eigenvalue weighted by Gasteiger charge is -2.28. The minimum absolute atomic E-state index is 0.0114. The number of carbonyl (C=O) groups is 1. The molecule has 0 aliphatic carbocycles. The maximum atomic E-state index is 13.6. The zero-order valence-corrected chi connectivity index (χ0v) is 19.9.